The zero-order chi connectivity index (χ0) is 27.9. The third-order valence-corrected chi connectivity index (χ3v) is 8.43. The van der Waals surface area contributed by atoms with Gasteiger partial charge in [0, 0.05) is 10.8 Å². The SMILES string of the molecule is O=c1c2c(=NC3CCCCC3)cc(S(=O)(=O)O)/c(=N\Nc3cccc(S(=O)(=O)O)c3)c=2c(=O)c2ccccc12. The van der Waals surface area contributed by atoms with Crippen molar-refractivity contribution < 1.29 is 25.9 Å². The van der Waals surface area contributed by atoms with Gasteiger partial charge in [0.15, 0.2) is 10.9 Å². The molecule has 13 heteroatoms. The zero-order valence-electron chi connectivity index (χ0n) is 20.4. The van der Waals surface area contributed by atoms with Gasteiger partial charge in [0.2, 0.25) is 0 Å². The van der Waals surface area contributed by atoms with E-state index >= 15 is 0 Å². The van der Waals surface area contributed by atoms with Crippen molar-refractivity contribution in [2.24, 2.45) is 10.1 Å². The fourth-order valence-corrected chi connectivity index (χ4v) is 6.08. The van der Waals surface area contributed by atoms with E-state index in [1.807, 2.05) is 0 Å². The predicted octanol–water partition coefficient (Wildman–Crippen LogP) is 1.82. The van der Waals surface area contributed by atoms with Crippen LogP contribution in [-0.2, 0) is 20.2 Å². The van der Waals surface area contributed by atoms with Crippen LogP contribution in [0.4, 0.5) is 5.69 Å². The molecule has 0 atom stereocenters. The fourth-order valence-electron chi connectivity index (χ4n) is 4.90. The topological polar surface area (TPSA) is 180 Å². The Morgan fingerprint density at radius 2 is 1.41 bits per heavy atom. The van der Waals surface area contributed by atoms with Crippen LogP contribution < -0.4 is 27.0 Å². The normalized spacial score (nSPS) is 16.3. The first-order valence-electron chi connectivity index (χ1n) is 12.1. The van der Waals surface area contributed by atoms with E-state index in [0.717, 1.165) is 50.3 Å². The van der Waals surface area contributed by atoms with E-state index in [4.69, 9.17) is 0 Å². The summed E-state index contributed by atoms with van der Waals surface area (Å²) in [5.41, 5.74) is 1.27. The second kappa shape index (κ2) is 10.1. The van der Waals surface area contributed by atoms with Gasteiger partial charge in [0.25, 0.3) is 20.2 Å². The van der Waals surface area contributed by atoms with Crippen molar-refractivity contribution in [3.05, 3.63) is 96.2 Å². The highest BCUT2D eigenvalue weighted by molar-refractivity contribution is 7.86. The van der Waals surface area contributed by atoms with Crippen molar-refractivity contribution in [2.45, 2.75) is 47.9 Å². The van der Waals surface area contributed by atoms with E-state index in [2.05, 4.69) is 15.5 Å². The molecule has 0 aromatic heterocycles. The number of hydrogen-bond acceptors (Lipinski definition) is 9. The number of rotatable bonds is 5. The highest BCUT2D eigenvalue weighted by Gasteiger charge is 2.21. The monoisotopic (exact) mass is 569 g/mol. The molecule has 3 N–H and O–H groups in total. The summed E-state index contributed by atoms with van der Waals surface area (Å²) in [6.45, 7) is 0. The molecule has 5 rings (SSSR count). The predicted molar refractivity (Wildman–Crippen MR) is 142 cm³/mol. The lowest BCUT2D eigenvalue weighted by Crippen LogP contribution is -2.34. The standard InChI is InChI=1S/C26H23N3O8S2/c30-25-18-11-4-5-12-19(18)26(31)23-22(25)20(27-15-7-2-1-3-8-15)14-21(39(35,36)37)24(23)29-28-16-9-6-10-17(13-16)38(32,33)34/h4-6,9-15,28H,1-3,7-8H2,(H,32,33,34)(H,35,36,37)/b27-20?,29-24+. The molecule has 1 saturated carbocycles. The van der Waals surface area contributed by atoms with Gasteiger partial charge >= 0.3 is 0 Å². The quantitative estimate of drug-likeness (QED) is 0.239. The maximum atomic E-state index is 13.7. The van der Waals surface area contributed by atoms with Gasteiger partial charge in [-0.05, 0) is 37.1 Å². The average molecular weight is 570 g/mol. The second-order valence-electron chi connectivity index (χ2n) is 9.32. The summed E-state index contributed by atoms with van der Waals surface area (Å²) >= 11 is 0. The van der Waals surface area contributed by atoms with Gasteiger partial charge in [-0.1, -0.05) is 49.6 Å². The van der Waals surface area contributed by atoms with Crippen molar-refractivity contribution in [1.29, 1.82) is 0 Å². The van der Waals surface area contributed by atoms with Crippen LogP contribution in [0.3, 0.4) is 0 Å². The van der Waals surface area contributed by atoms with Gasteiger partial charge in [-0.25, -0.2) is 0 Å². The first kappa shape index (κ1) is 26.8. The van der Waals surface area contributed by atoms with Gasteiger partial charge in [0.05, 0.1) is 32.4 Å². The number of nitrogens with one attached hydrogen (secondary N) is 1. The molecule has 1 fully saturated rings. The minimum atomic E-state index is -4.98. The van der Waals surface area contributed by atoms with Crippen LogP contribution in [-0.4, -0.2) is 32.0 Å². The van der Waals surface area contributed by atoms with Crippen molar-refractivity contribution in [2.75, 3.05) is 5.43 Å². The maximum Gasteiger partial charge on any atom is 0.296 e. The van der Waals surface area contributed by atoms with Crippen LogP contribution in [0.25, 0.3) is 10.8 Å². The van der Waals surface area contributed by atoms with E-state index in [9.17, 15) is 35.5 Å². The van der Waals surface area contributed by atoms with Crippen LogP contribution in [0.1, 0.15) is 32.1 Å². The molecule has 0 saturated heterocycles. The van der Waals surface area contributed by atoms with Crippen LogP contribution in [0.2, 0.25) is 0 Å². The summed E-state index contributed by atoms with van der Waals surface area (Å²) in [5, 5.41) is 3.20. The Morgan fingerprint density at radius 1 is 0.769 bits per heavy atom. The maximum absolute atomic E-state index is 13.7. The molecule has 0 aliphatic heterocycles. The number of fused-ring (bicyclic) bond motifs is 1. The molecule has 2 aromatic carbocycles. The molecule has 11 nitrogen and oxygen atoms in total. The zero-order valence-corrected chi connectivity index (χ0v) is 22.0. The lowest BCUT2D eigenvalue weighted by Gasteiger charge is -2.17. The molecule has 0 spiro atoms. The lowest BCUT2D eigenvalue weighted by atomic mass is 9.96. The first-order chi connectivity index (χ1) is 18.4. The van der Waals surface area contributed by atoms with Crippen LogP contribution in [0.5, 0.6) is 0 Å². The molecule has 0 unspecified atom stereocenters. The Bertz CT molecular complexity index is 2130. The minimum absolute atomic E-state index is 0.0196. The van der Waals surface area contributed by atoms with Gasteiger partial charge in [0.1, 0.15) is 10.3 Å². The highest BCUT2D eigenvalue weighted by atomic mass is 32.2. The third-order valence-electron chi connectivity index (χ3n) is 6.72. The van der Waals surface area contributed by atoms with Crippen molar-refractivity contribution in [3.63, 3.8) is 0 Å². The molecule has 3 aliphatic carbocycles. The summed E-state index contributed by atoms with van der Waals surface area (Å²) in [6, 6.07) is 11.8. The first-order valence-corrected chi connectivity index (χ1v) is 15.0. The Labute approximate surface area is 222 Å². The summed E-state index contributed by atoms with van der Waals surface area (Å²) in [6.07, 6.45) is 4.32. The smallest absolute Gasteiger partial charge is 0.288 e. The van der Waals surface area contributed by atoms with E-state index in [0.29, 0.717) is 0 Å². The van der Waals surface area contributed by atoms with Crippen LogP contribution >= 0.6 is 0 Å². The van der Waals surface area contributed by atoms with Gasteiger partial charge in [-0.15, -0.1) is 0 Å². The lowest BCUT2D eigenvalue weighted by molar-refractivity contribution is 0.437. The molecule has 0 amide bonds. The molecule has 0 heterocycles. The number of nitrogens with zero attached hydrogens (tertiary/aromatic N) is 2. The van der Waals surface area contributed by atoms with Gasteiger partial charge < -0.3 is 0 Å². The third kappa shape index (κ3) is 5.26. The highest BCUT2D eigenvalue weighted by Crippen LogP contribution is 2.20. The molecular weight excluding hydrogens is 546 g/mol. The van der Waals surface area contributed by atoms with Gasteiger partial charge in [-0.2, -0.15) is 21.9 Å². The molecule has 202 valence electrons. The Balaban J connectivity index is 1.94. The van der Waals surface area contributed by atoms with E-state index in [1.165, 1.54) is 24.3 Å². The molecule has 2 aromatic rings. The largest absolute Gasteiger partial charge is 0.296 e. The minimum Gasteiger partial charge on any atom is -0.288 e. The Kier molecular flexibility index (Phi) is 6.93. The van der Waals surface area contributed by atoms with Crippen molar-refractivity contribution in [1.82, 2.24) is 0 Å². The number of hydrogen-bond donors (Lipinski definition) is 3. The summed E-state index contributed by atoms with van der Waals surface area (Å²) in [7, 11) is -9.53. The van der Waals surface area contributed by atoms with Crippen LogP contribution in [0, 0.1) is 10.4 Å². The number of benzene rings is 2. The Hall–Kier alpha value is -3.78. The summed E-state index contributed by atoms with van der Waals surface area (Å²) in [4.78, 5) is 30.9. The van der Waals surface area contributed by atoms with Crippen LogP contribution in [0.15, 0.2) is 84.1 Å². The fraction of sp³-hybridized carbons (Fsp3) is 0.231. The molecule has 0 radical (unpaired) electrons. The molecule has 3 aliphatic rings. The Morgan fingerprint density at radius 3 is 2.03 bits per heavy atom. The summed E-state index contributed by atoms with van der Waals surface area (Å²) < 4.78 is 67.6. The summed E-state index contributed by atoms with van der Waals surface area (Å²) in [5.74, 6) is 0. The average Bonchev–Trinajstić information content (AvgIpc) is 2.90. The van der Waals surface area contributed by atoms with Gasteiger partial charge in [-0.3, -0.25) is 29.1 Å². The van der Waals surface area contributed by atoms with E-state index in [-0.39, 0.29) is 38.3 Å². The molecular formula is C26H23N3O8S2. The molecule has 0 bridgehead atoms. The number of anilines is 1. The van der Waals surface area contributed by atoms with Crippen molar-refractivity contribution >= 4 is 36.7 Å². The van der Waals surface area contributed by atoms with E-state index < -0.39 is 46.2 Å². The second-order valence-corrected chi connectivity index (χ2v) is 12.1. The van der Waals surface area contributed by atoms with Crippen molar-refractivity contribution in [3.8, 4) is 0 Å². The molecule has 39 heavy (non-hydrogen) atoms. The van der Waals surface area contributed by atoms with E-state index in [1.54, 1.807) is 12.1 Å².